The van der Waals surface area contributed by atoms with Crippen LogP contribution < -0.4 is 14.4 Å². The maximum atomic E-state index is 12.7. The lowest BCUT2D eigenvalue weighted by atomic mass is 10.1. The summed E-state index contributed by atoms with van der Waals surface area (Å²) in [7, 11) is -3.80. The Morgan fingerprint density at radius 1 is 0.935 bits per heavy atom. The molecule has 3 rings (SSSR count). The Hall–Kier alpha value is -3.65. The molecule has 0 saturated heterocycles. The quantitative estimate of drug-likeness (QED) is 0.535. The van der Waals surface area contributed by atoms with Gasteiger partial charge in [-0.1, -0.05) is 42.5 Å². The summed E-state index contributed by atoms with van der Waals surface area (Å²) in [6.45, 7) is 0.967. The van der Waals surface area contributed by atoms with Crippen LogP contribution in [0.25, 0.3) is 0 Å². The summed E-state index contributed by atoms with van der Waals surface area (Å²) in [5.41, 5.74) is 1.08. The van der Waals surface area contributed by atoms with Crippen LogP contribution in [0, 0.1) is 0 Å². The third kappa shape index (κ3) is 5.93. The Morgan fingerprint density at radius 2 is 1.61 bits per heavy atom. The van der Waals surface area contributed by atoms with Gasteiger partial charge in [0.15, 0.2) is 11.5 Å². The Kier molecular flexibility index (Phi) is 6.71. The Bertz CT molecular complexity index is 1190. The molecule has 0 spiro atoms. The molecule has 0 saturated carbocycles. The second kappa shape index (κ2) is 9.44. The fourth-order valence-corrected chi connectivity index (χ4v) is 3.75. The van der Waals surface area contributed by atoms with E-state index in [1.165, 1.54) is 13.0 Å². The summed E-state index contributed by atoms with van der Waals surface area (Å²) in [4.78, 5) is 24.2. The second-order valence-electron chi connectivity index (χ2n) is 6.84. The molecule has 0 heterocycles. The summed E-state index contributed by atoms with van der Waals surface area (Å²) >= 11 is 0. The van der Waals surface area contributed by atoms with Crippen LogP contribution in [0.4, 0.5) is 11.4 Å². The highest BCUT2D eigenvalue weighted by Crippen LogP contribution is 2.33. The van der Waals surface area contributed by atoms with Gasteiger partial charge in [-0.2, -0.15) is 0 Å². The monoisotopic (exact) mass is 438 g/mol. The van der Waals surface area contributed by atoms with Gasteiger partial charge in [-0.25, -0.2) is 8.42 Å². The van der Waals surface area contributed by atoms with Gasteiger partial charge in [0.2, 0.25) is 15.9 Å². The molecular formula is C23H22N2O5S. The first-order valence-electron chi connectivity index (χ1n) is 9.44. The molecule has 0 aliphatic carbocycles. The molecular weight excluding hydrogens is 416 g/mol. The van der Waals surface area contributed by atoms with E-state index in [4.69, 9.17) is 4.74 Å². The minimum absolute atomic E-state index is 0.138. The number of rotatable bonds is 8. The van der Waals surface area contributed by atoms with Crippen LogP contribution in [-0.4, -0.2) is 32.9 Å². The molecule has 7 nitrogen and oxygen atoms in total. The highest BCUT2D eigenvalue weighted by molar-refractivity contribution is 7.92. The first kappa shape index (κ1) is 22.0. The van der Waals surface area contributed by atoms with E-state index in [1.54, 1.807) is 66.7 Å². The standard InChI is InChI=1S/C23H22N2O5S/c1-17(26)18-9-8-10-19(15-18)24-23(27)16-25(31(2,28)29)21-13-6-7-14-22(21)30-20-11-4-3-5-12-20/h3-15H,16H2,1-2H3,(H,24,27). The number of hydrogen-bond acceptors (Lipinski definition) is 5. The largest absolute Gasteiger partial charge is 0.455 e. The van der Waals surface area contributed by atoms with Crippen molar-refractivity contribution in [2.24, 2.45) is 0 Å². The van der Waals surface area contributed by atoms with Gasteiger partial charge in [-0.05, 0) is 43.3 Å². The van der Waals surface area contributed by atoms with E-state index < -0.39 is 22.5 Å². The lowest BCUT2D eigenvalue weighted by Gasteiger charge is -2.24. The van der Waals surface area contributed by atoms with Crippen LogP contribution in [-0.2, 0) is 14.8 Å². The minimum Gasteiger partial charge on any atom is -0.455 e. The third-order valence-corrected chi connectivity index (χ3v) is 5.47. The number of hydrogen-bond donors (Lipinski definition) is 1. The molecule has 3 aromatic carbocycles. The molecule has 3 aromatic rings. The van der Waals surface area contributed by atoms with E-state index in [1.807, 2.05) is 6.07 Å². The van der Waals surface area contributed by atoms with Crippen LogP contribution in [0.15, 0.2) is 78.9 Å². The zero-order chi connectivity index (χ0) is 22.4. The maximum Gasteiger partial charge on any atom is 0.245 e. The summed E-state index contributed by atoms with van der Waals surface area (Å²) in [6.07, 6.45) is 1.02. The third-order valence-electron chi connectivity index (χ3n) is 4.35. The van der Waals surface area contributed by atoms with Crippen molar-refractivity contribution in [3.63, 3.8) is 0 Å². The first-order valence-corrected chi connectivity index (χ1v) is 11.3. The van der Waals surface area contributed by atoms with Gasteiger partial charge >= 0.3 is 0 Å². The SMILES string of the molecule is CC(=O)c1cccc(NC(=O)CN(c2ccccc2Oc2ccccc2)S(C)(=O)=O)c1. The lowest BCUT2D eigenvalue weighted by molar-refractivity contribution is -0.114. The molecule has 0 aromatic heterocycles. The molecule has 8 heteroatoms. The summed E-state index contributed by atoms with van der Waals surface area (Å²) in [6, 6.07) is 22.0. The van der Waals surface area contributed by atoms with Crippen molar-refractivity contribution in [2.75, 3.05) is 22.4 Å². The number of ether oxygens (including phenoxy) is 1. The van der Waals surface area contributed by atoms with Crippen molar-refractivity contribution >= 4 is 33.1 Å². The second-order valence-corrected chi connectivity index (χ2v) is 8.74. The van der Waals surface area contributed by atoms with E-state index >= 15 is 0 Å². The number of para-hydroxylation sites is 3. The van der Waals surface area contributed by atoms with Crippen molar-refractivity contribution in [2.45, 2.75) is 6.92 Å². The topological polar surface area (TPSA) is 92.8 Å². The molecule has 0 aliphatic heterocycles. The van der Waals surface area contributed by atoms with Crippen molar-refractivity contribution in [1.82, 2.24) is 0 Å². The number of carbonyl (C=O) groups is 2. The number of benzene rings is 3. The smallest absolute Gasteiger partial charge is 0.245 e. The highest BCUT2D eigenvalue weighted by atomic mass is 32.2. The van der Waals surface area contributed by atoms with E-state index in [2.05, 4.69) is 5.32 Å². The summed E-state index contributed by atoms with van der Waals surface area (Å²) < 4.78 is 31.9. The molecule has 1 amide bonds. The van der Waals surface area contributed by atoms with Crippen LogP contribution in [0.1, 0.15) is 17.3 Å². The average Bonchev–Trinajstić information content (AvgIpc) is 2.73. The van der Waals surface area contributed by atoms with Gasteiger partial charge in [-0.3, -0.25) is 13.9 Å². The van der Waals surface area contributed by atoms with E-state index in [0.717, 1.165) is 10.6 Å². The normalized spacial score (nSPS) is 10.9. The van der Waals surface area contributed by atoms with Crippen molar-refractivity contribution < 1.29 is 22.7 Å². The number of anilines is 2. The van der Waals surface area contributed by atoms with Gasteiger partial charge in [0.1, 0.15) is 12.3 Å². The van der Waals surface area contributed by atoms with Crippen molar-refractivity contribution in [3.05, 3.63) is 84.4 Å². The number of Topliss-reactive ketones (excluding diaryl/α,β-unsaturated/α-hetero) is 1. The highest BCUT2D eigenvalue weighted by Gasteiger charge is 2.24. The van der Waals surface area contributed by atoms with Crippen LogP contribution in [0.2, 0.25) is 0 Å². The van der Waals surface area contributed by atoms with Crippen LogP contribution >= 0.6 is 0 Å². The molecule has 0 unspecified atom stereocenters. The lowest BCUT2D eigenvalue weighted by Crippen LogP contribution is -2.37. The van der Waals surface area contributed by atoms with Gasteiger partial charge < -0.3 is 10.1 Å². The predicted octanol–water partition coefficient (Wildman–Crippen LogP) is 4.09. The zero-order valence-electron chi connectivity index (χ0n) is 17.1. The fourth-order valence-electron chi connectivity index (χ4n) is 2.89. The number of ketones is 1. The Morgan fingerprint density at radius 3 is 2.29 bits per heavy atom. The molecule has 31 heavy (non-hydrogen) atoms. The van der Waals surface area contributed by atoms with E-state index in [-0.39, 0.29) is 11.5 Å². The number of nitrogens with zero attached hydrogens (tertiary/aromatic N) is 1. The summed E-state index contributed by atoms with van der Waals surface area (Å²) in [5, 5.41) is 2.64. The molecule has 0 atom stereocenters. The minimum atomic E-state index is -3.80. The Balaban J connectivity index is 1.86. The number of nitrogens with one attached hydrogen (secondary N) is 1. The van der Waals surface area contributed by atoms with Crippen LogP contribution in [0.3, 0.4) is 0 Å². The number of sulfonamides is 1. The molecule has 1 N–H and O–H groups in total. The molecule has 0 radical (unpaired) electrons. The average molecular weight is 439 g/mol. The maximum absolute atomic E-state index is 12.7. The van der Waals surface area contributed by atoms with E-state index in [0.29, 0.717) is 22.7 Å². The van der Waals surface area contributed by atoms with Crippen molar-refractivity contribution in [3.8, 4) is 11.5 Å². The summed E-state index contributed by atoms with van der Waals surface area (Å²) in [5.74, 6) is 0.140. The van der Waals surface area contributed by atoms with Crippen molar-refractivity contribution in [1.29, 1.82) is 0 Å². The van der Waals surface area contributed by atoms with E-state index in [9.17, 15) is 18.0 Å². The van der Waals surface area contributed by atoms with Gasteiger partial charge in [0, 0.05) is 11.3 Å². The van der Waals surface area contributed by atoms with Gasteiger partial charge in [0.25, 0.3) is 0 Å². The van der Waals surface area contributed by atoms with Gasteiger partial charge in [0.05, 0.1) is 11.9 Å². The van der Waals surface area contributed by atoms with Gasteiger partial charge in [-0.15, -0.1) is 0 Å². The zero-order valence-corrected chi connectivity index (χ0v) is 17.9. The molecule has 0 aliphatic rings. The number of amides is 1. The number of carbonyl (C=O) groups excluding carboxylic acids is 2. The van der Waals surface area contributed by atoms with Crippen LogP contribution in [0.5, 0.6) is 11.5 Å². The fraction of sp³-hybridized carbons (Fsp3) is 0.130. The molecule has 160 valence electrons. The predicted molar refractivity (Wildman–Crippen MR) is 120 cm³/mol. The Labute approximate surface area is 181 Å². The molecule has 0 fully saturated rings. The molecule has 0 bridgehead atoms. The first-order chi connectivity index (χ1) is 14.7.